The first kappa shape index (κ1) is 14.1. The lowest BCUT2D eigenvalue weighted by atomic mass is 10.2. The van der Waals surface area contributed by atoms with Gasteiger partial charge in [-0.05, 0) is 25.5 Å². The molecule has 0 unspecified atom stereocenters. The first-order chi connectivity index (χ1) is 9.45. The monoisotopic (exact) mass is 296 g/mol. The topological polar surface area (TPSA) is 70.7 Å². The summed E-state index contributed by atoms with van der Waals surface area (Å²) >= 11 is 1.23. The summed E-state index contributed by atoms with van der Waals surface area (Å²) in [5.74, 6) is -0.722. The second kappa shape index (κ2) is 5.38. The predicted molar refractivity (Wildman–Crippen MR) is 69.9 cm³/mol. The minimum Gasteiger partial charge on any atom is -0.311 e. The number of amides is 1. The molecular weight excluding hydrogens is 286 g/mol. The maximum absolute atomic E-state index is 12.6. The van der Waals surface area contributed by atoms with Crippen LogP contribution >= 0.6 is 11.3 Å². The number of thiophene rings is 1. The maximum atomic E-state index is 12.6. The summed E-state index contributed by atoms with van der Waals surface area (Å²) < 4.78 is 25.6. The molecule has 2 rings (SSSR count). The maximum Gasteiger partial charge on any atom is 0.333 e. The number of nitriles is 1. The summed E-state index contributed by atoms with van der Waals surface area (Å²) in [7, 11) is 0. The number of alkyl halides is 2. The predicted octanol–water partition coefficient (Wildman–Crippen LogP) is 3.08. The van der Waals surface area contributed by atoms with Gasteiger partial charge in [0, 0.05) is 11.1 Å². The summed E-state index contributed by atoms with van der Waals surface area (Å²) in [6, 6.07) is 3.19. The third kappa shape index (κ3) is 2.40. The molecule has 0 bridgehead atoms. The summed E-state index contributed by atoms with van der Waals surface area (Å²) in [4.78, 5) is 12.9. The summed E-state index contributed by atoms with van der Waals surface area (Å²) in [5.41, 5.74) is 0.867. The van der Waals surface area contributed by atoms with Crippen molar-refractivity contribution in [2.45, 2.75) is 20.4 Å². The smallest absolute Gasteiger partial charge is 0.311 e. The molecule has 0 radical (unpaired) electrons. The number of aromatic nitrogens is 2. The highest BCUT2D eigenvalue weighted by molar-refractivity contribution is 7.16. The Balaban J connectivity index is 2.31. The van der Waals surface area contributed by atoms with E-state index in [0.717, 1.165) is 16.6 Å². The van der Waals surface area contributed by atoms with Crippen LogP contribution < -0.4 is 5.32 Å². The van der Waals surface area contributed by atoms with Crippen molar-refractivity contribution < 1.29 is 13.6 Å². The van der Waals surface area contributed by atoms with E-state index < -0.39 is 12.5 Å². The molecule has 8 heteroatoms. The number of nitrogens with one attached hydrogen (secondary N) is 1. The lowest BCUT2D eigenvalue weighted by molar-refractivity contribution is 0.0520. The van der Waals surface area contributed by atoms with E-state index in [9.17, 15) is 13.6 Å². The molecule has 0 aliphatic heterocycles. The second-order valence-corrected chi connectivity index (χ2v) is 5.22. The Bertz CT molecular complexity index is 699. The van der Waals surface area contributed by atoms with Crippen LogP contribution in [0.2, 0.25) is 0 Å². The number of hydrogen-bond donors (Lipinski definition) is 1. The third-order valence-electron chi connectivity index (χ3n) is 2.81. The van der Waals surface area contributed by atoms with Crippen LogP contribution in [-0.4, -0.2) is 15.7 Å². The van der Waals surface area contributed by atoms with E-state index in [1.165, 1.54) is 17.4 Å². The van der Waals surface area contributed by atoms with Gasteiger partial charge in [-0.2, -0.15) is 23.8 Å². The molecule has 2 aromatic rings. The summed E-state index contributed by atoms with van der Waals surface area (Å²) in [5, 5.41) is 15.3. The van der Waals surface area contributed by atoms with E-state index in [2.05, 4.69) is 10.4 Å². The van der Waals surface area contributed by atoms with Crippen LogP contribution in [0.25, 0.3) is 0 Å². The van der Waals surface area contributed by atoms with Crippen molar-refractivity contribution >= 4 is 22.2 Å². The largest absolute Gasteiger partial charge is 0.333 e. The van der Waals surface area contributed by atoms with Crippen LogP contribution in [0.1, 0.15) is 33.0 Å². The van der Waals surface area contributed by atoms with Gasteiger partial charge >= 0.3 is 6.55 Å². The number of carbonyl (C=O) groups excluding carboxylic acids is 1. The van der Waals surface area contributed by atoms with Crippen molar-refractivity contribution in [3.05, 3.63) is 34.0 Å². The summed E-state index contributed by atoms with van der Waals surface area (Å²) in [6.45, 7) is 0.691. The van der Waals surface area contributed by atoms with Gasteiger partial charge in [0.2, 0.25) is 0 Å². The van der Waals surface area contributed by atoms with Crippen LogP contribution in [0.15, 0.2) is 12.3 Å². The zero-order valence-electron chi connectivity index (χ0n) is 10.6. The number of anilines is 1. The Hall–Kier alpha value is -2.27. The molecule has 1 amide bonds. The van der Waals surface area contributed by atoms with Crippen molar-refractivity contribution in [2.75, 3.05) is 5.32 Å². The highest BCUT2D eigenvalue weighted by Crippen LogP contribution is 2.32. The fourth-order valence-electron chi connectivity index (χ4n) is 1.67. The molecule has 0 aromatic carbocycles. The van der Waals surface area contributed by atoms with Gasteiger partial charge in [0.25, 0.3) is 5.91 Å². The van der Waals surface area contributed by atoms with Crippen molar-refractivity contribution in [2.24, 2.45) is 0 Å². The van der Waals surface area contributed by atoms with Gasteiger partial charge < -0.3 is 5.32 Å². The van der Waals surface area contributed by atoms with E-state index in [4.69, 9.17) is 5.26 Å². The van der Waals surface area contributed by atoms with E-state index in [0.29, 0.717) is 15.2 Å². The average Bonchev–Trinajstić information content (AvgIpc) is 2.96. The lowest BCUT2D eigenvalue weighted by Crippen LogP contribution is -2.18. The molecule has 0 fully saturated rings. The van der Waals surface area contributed by atoms with E-state index in [1.54, 1.807) is 6.92 Å². The zero-order chi connectivity index (χ0) is 14.9. The van der Waals surface area contributed by atoms with Crippen LogP contribution in [0, 0.1) is 25.2 Å². The van der Waals surface area contributed by atoms with Gasteiger partial charge in [0.05, 0.1) is 5.56 Å². The number of halogens is 2. The van der Waals surface area contributed by atoms with E-state index >= 15 is 0 Å². The average molecular weight is 296 g/mol. The highest BCUT2D eigenvalue weighted by Gasteiger charge is 2.20. The normalized spacial score (nSPS) is 10.6. The van der Waals surface area contributed by atoms with E-state index in [1.807, 2.05) is 13.0 Å². The Kier molecular flexibility index (Phi) is 3.81. The molecule has 20 heavy (non-hydrogen) atoms. The molecule has 0 atom stereocenters. The van der Waals surface area contributed by atoms with Gasteiger partial charge in [0.1, 0.15) is 16.8 Å². The van der Waals surface area contributed by atoms with Gasteiger partial charge in [-0.3, -0.25) is 4.79 Å². The standard InChI is InChI=1S/C12H10F2N4OS/c1-6-7(2)20-11(8(6)5-15)17-10(19)9-3-4-16-18(9)12(13)14/h3-4,12H,1-2H3,(H,17,19). The molecule has 5 nitrogen and oxygen atoms in total. The first-order valence-corrected chi connectivity index (χ1v) is 6.40. The molecular formula is C12H10F2N4OS. The lowest BCUT2D eigenvalue weighted by Gasteiger charge is -2.06. The first-order valence-electron chi connectivity index (χ1n) is 5.58. The van der Waals surface area contributed by atoms with Crippen molar-refractivity contribution in [1.29, 1.82) is 5.26 Å². The molecule has 104 valence electrons. The number of rotatable bonds is 3. The van der Waals surface area contributed by atoms with Crippen LogP contribution in [0.5, 0.6) is 0 Å². The fraction of sp³-hybridized carbons (Fsp3) is 0.250. The van der Waals surface area contributed by atoms with Gasteiger partial charge in [-0.1, -0.05) is 0 Å². The van der Waals surface area contributed by atoms with Crippen molar-refractivity contribution in [3.63, 3.8) is 0 Å². The molecule has 0 saturated carbocycles. The molecule has 2 aromatic heterocycles. The Morgan fingerprint density at radius 2 is 2.25 bits per heavy atom. The fourth-order valence-corrected chi connectivity index (χ4v) is 2.67. The summed E-state index contributed by atoms with van der Waals surface area (Å²) in [6.07, 6.45) is 1.12. The number of hydrogen-bond acceptors (Lipinski definition) is 4. The van der Waals surface area contributed by atoms with Crippen LogP contribution in [0.3, 0.4) is 0 Å². The molecule has 2 heterocycles. The Morgan fingerprint density at radius 1 is 1.55 bits per heavy atom. The number of nitrogens with zero attached hydrogens (tertiary/aromatic N) is 3. The minimum atomic E-state index is -2.90. The molecule has 0 aliphatic carbocycles. The van der Waals surface area contributed by atoms with Gasteiger partial charge in [0.15, 0.2) is 0 Å². The molecule has 0 aliphatic rings. The van der Waals surface area contributed by atoms with E-state index in [-0.39, 0.29) is 5.69 Å². The quantitative estimate of drug-likeness (QED) is 0.946. The van der Waals surface area contributed by atoms with Gasteiger partial charge in [-0.25, -0.2) is 0 Å². The Labute approximate surface area is 117 Å². The minimum absolute atomic E-state index is 0.257. The number of aryl methyl sites for hydroxylation is 1. The SMILES string of the molecule is Cc1sc(NC(=O)c2ccnn2C(F)F)c(C#N)c1C. The molecule has 0 saturated heterocycles. The Morgan fingerprint density at radius 3 is 2.85 bits per heavy atom. The van der Waals surface area contributed by atoms with Crippen molar-refractivity contribution in [3.8, 4) is 6.07 Å². The van der Waals surface area contributed by atoms with Crippen LogP contribution in [0.4, 0.5) is 13.8 Å². The third-order valence-corrected chi connectivity index (χ3v) is 3.93. The van der Waals surface area contributed by atoms with Crippen LogP contribution in [-0.2, 0) is 0 Å². The zero-order valence-corrected chi connectivity index (χ0v) is 11.5. The molecule has 0 spiro atoms. The second-order valence-electron chi connectivity index (χ2n) is 3.99. The molecule has 1 N–H and O–H groups in total. The number of carbonyl (C=O) groups is 1. The van der Waals surface area contributed by atoms with Crippen molar-refractivity contribution in [1.82, 2.24) is 9.78 Å². The highest BCUT2D eigenvalue weighted by atomic mass is 32.1. The van der Waals surface area contributed by atoms with Gasteiger partial charge in [-0.15, -0.1) is 11.3 Å².